The molecule has 1 aromatic rings. The van der Waals surface area contributed by atoms with Gasteiger partial charge in [0.25, 0.3) is 5.56 Å². The molecular formula is C11H11F3N2O3. The van der Waals surface area contributed by atoms with Crippen LogP contribution in [0.3, 0.4) is 0 Å². The first-order chi connectivity index (χ1) is 8.64. The van der Waals surface area contributed by atoms with Crippen LogP contribution in [0.25, 0.3) is 0 Å². The van der Waals surface area contributed by atoms with E-state index in [-0.39, 0.29) is 11.3 Å². The van der Waals surface area contributed by atoms with Crippen molar-refractivity contribution in [2.75, 3.05) is 0 Å². The highest BCUT2D eigenvalue weighted by Crippen LogP contribution is 2.38. The molecule has 0 aliphatic carbocycles. The molecule has 5 nitrogen and oxygen atoms in total. The molecule has 1 atom stereocenters. The van der Waals surface area contributed by atoms with Crippen molar-refractivity contribution in [3.8, 4) is 0 Å². The zero-order valence-corrected chi connectivity index (χ0v) is 10.1. The van der Waals surface area contributed by atoms with Crippen molar-refractivity contribution >= 4 is 5.71 Å². The first-order valence-electron chi connectivity index (χ1n) is 5.39. The lowest BCUT2D eigenvalue weighted by Gasteiger charge is -2.22. The number of nitrogens with one attached hydrogen (secondary N) is 1. The molecule has 0 saturated carbocycles. The van der Waals surface area contributed by atoms with E-state index in [0.717, 1.165) is 0 Å². The smallest absolute Gasteiger partial charge is 0.350 e. The SMILES string of the molecule is Cc1cc(C)c(C2=NO[C@](O)(C(F)(F)F)C2)c(=O)[nH]1. The van der Waals surface area contributed by atoms with E-state index < -0.39 is 23.9 Å². The average molecular weight is 276 g/mol. The number of alkyl halides is 3. The number of oxime groups is 1. The van der Waals surface area contributed by atoms with Crippen LogP contribution in [-0.2, 0) is 4.84 Å². The molecule has 0 aromatic carbocycles. The Morgan fingerprint density at radius 3 is 2.58 bits per heavy atom. The highest BCUT2D eigenvalue weighted by molar-refractivity contribution is 6.02. The molecule has 0 fully saturated rings. The fraction of sp³-hybridized carbons (Fsp3) is 0.455. The molecule has 0 bridgehead atoms. The van der Waals surface area contributed by atoms with Gasteiger partial charge in [-0.25, -0.2) is 0 Å². The third-order valence-corrected chi connectivity index (χ3v) is 2.81. The number of hydrogen-bond acceptors (Lipinski definition) is 4. The molecule has 2 N–H and O–H groups in total. The van der Waals surface area contributed by atoms with E-state index in [1.165, 1.54) is 0 Å². The van der Waals surface area contributed by atoms with Gasteiger partial charge < -0.3 is 14.9 Å². The van der Waals surface area contributed by atoms with Gasteiger partial charge in [0.1, 0.15) is 0 Å². The Hall–Kier alpha value is -1.83. The second kappa shape index (κ2) is 4.09. The summed E-state index contributed by atoms with van der Waals surface area (Å²) >= 11 is 0. The lowest BCUT2D eigenvalue weighted by molar-refractivity contribution is -0.355. The van der Waals surface area contributed by atoms with Crippen molar-refractivity contribution in [2.45, 2.75) is 32.2 Å². The molecule has 0 unspecified atom stereocenters. The summed E-state index contributed by atoms with van der Waals surface area (Å²) in [5.74, 6) is -3.37. The number of nitrogens with zero attached hydrogens (tertiary/aromatic N) is 1. The van der Waals surface area contributed by atoms with Crippen molar-refractivity contribution < 1.29 is 23.1 Å². The van der Waals surface area contributed by atoms with E-state index in [2.05, 4.69) is 15.0 Å². The van der Waals surface area contributed by atoms with E-state index in [1.807, 2.05) is 0 Å². The van der Waals surface area contributed by atoms with Crippen LogP contribution in [0.5, 0.6) is 0 Å². The van der Waals surface area contributed by atoms with E-state index in [0.29, 0.717) is 11.3 Å². The summed E-state index contributed by atoms with van der Waals surface area (Å²) in [6.45, 7) is 3.22. The second-order valence-electron chi connectivity index (χ2n) is 4.43. The molecule has 19 heavy (non-hydrogen) atoms. The van der Waals surface area contributed by atoms with Crippen molar-refractivity contribution in [3.63, 3.8) is 0 Å². The largest absolute Gasteiger partial charge is 0.458 e. The number of aliphatic hydroxyl groups is 1. The molecular weight excluding hydrogens is 265 g/mol. The number of halogens is 3. The van der Waals surface area contributed by atoms with Gasteiger partial charge in [-0.1, -0.05) is 5.16 Å². The minimum absolute atomic E-state index is 0.00854. The van der Waals surface area contributed by atoms with Crippen LogP contribution in [0, 0.1) is 13.8 Å². The fourth-order valence-corrected chi connectivity index (χ4v) is 1.92. The maximum Gasteiger partial charge on any atom is 0.458 e. The zero-order valence-electron chi connectivity index (χ0n) is 10.1. The fourth-order valence-electron chi connectivity index (χ4n) is 1.92. The lowest BCUT2D eigenvalue weighted by atomic mass is 10.00. The monoisotopic (exact) mass is 276 g/mol. The molecule has 2 heterocycles. The Bertz CT molecular complexity index is 606. The van der Waals surface area contributed by atoms with E-state index in [4.69, 9.17) is 0 Å². The Balaban J connectivity index is 2.40. The summed E-state index contributed by atoms with van der Waals surface area (Å²) in [6, 6.07) is 1.60. The molecule has 8 heteroatoms. The van der Waals surface area contributed by atoms with Crippen molar-refractivity contribution in [1.82, 2.24) is 4.98 Å². The molecule has 104 valence electrons. The van der Waals surface area contributed by atoms with Gasteiger partial charge in [-0.3, -0.25) is 4.79 Å². The summed E-state index contributed by atoms with van der Waals surface area (Å²) in [6.07, 6.45) is -5.90. The number of aromatic amines is 1. The number of pyridine rings is 1. The Kier molecular flexibility index (Phi) is 2.93. The quantitative estimate of drug-likeness (QED) is 0.813. The van der Waals surface area contributed by atoms with Gasteiger partial charge >= 0.3 is 12.0 Å². The highest BCUT2D eigenvalue weighted by atomic mass is 19.4. The molecule has 0 saturated heterocycles. The van der Waals surface area contributed by atoms with E-state index in [9.17, 15) is 23.1 Å². The molecule has 0 spiro atoms. The maximum absolute atomic E-state index is 12.6. The molecule has 1 aliphatic heterocycles. The number of aromatic nitrogens is 1. The maximum atomic E-state index is 12.6. The minimum Gasteiger partial charge on any atom is -0.350 e. The van der Waals surface area contributed by atoms with Crippen LogP contribution in [-0.4, -0.2) is 27.8 Å². The number of aryl methyl sites for hydroxylation is 2. The molecule has 0 amide bonds. The summed E-state index contributed by atoms with van der Waals surface area (Å²) in [5.41, 5.74) is 0.252. The van der Waals surface area contributed by atoms with Crippen molar-refractivity contribution in [1.29, 1.82) is 0 Å². The predicted molar refractivity (Wildman–Crippen MR) is 59.8 cm³/mol. The first kappa shape index (κ1) is 13.6. The van der Waals surface area contributed by atoms with Crippen molar-refractivity contribution in [2.24, 2.45) is 5.16 Å². The number of H-pyrrole nitrogens is 1. The molecule has 1 aromatic heterocycles. The average Bonchev–Trinajstić information content (AvgIpc) is 2.59. The molecule has 1 aliphatic rings. The van der Waals surface area contributed by atoms with Crippen LogP contribution < -0.4 is 5.56 Å². The normalized spacial score (nSPS) is 23.2. The van der Waals surface area contributed by atoms with Crippen LogP contribution >= 0.6 is 0 Å². The number of rotatable bonds is 1. The Morgan fingerprint density at radius 1 is 1.47 bits per heavy atom. The van der Waals surface area contributed by atoms with Crippen LogP contribution in [0.1, 0.15) is 23.2 Å². The summed E-state index contributed by atoms with van der Waals surface area (Å²) in [4.78, 5) is 18.3. The van der Waals surface area contributed by atoms with Gasteiger partial charge in [0.15, 0.2) is 0 Å². The van der Waals surface area contributed by atoms with Crippen LogP contribution in [0.15, 0.2) is 16.0 Å². The Labute approximate surface area is 105 Å². The predicted octanol–water partition coefficient (Wildman–Crippen LogP) is 1.37. The number of hydrogen-bond donors (Lipinski definition) is 2. The van der Waals surface area contributed by atoms with E-state index in [1.54, 1.807) is 19.9 Å². The topological polar surface area (TPSA) is 74.7 Å². The third-order valence-electron chi connectivity index (χ3n) is 2.81. The first-order valence-corrected chi connectivity index (χ1v) is 5.39. The van der Waals surface area contributed by atoms with Gasteiger partial charge in [-0.2, -0.15) is 13.2 Å². The second-order valence-corrected chi connectivity index (χ2v) is 4.43. The third kappa shape index (κ3) is 2.23. The molecule has 0 radical (unpaired) electrons. The Morgan fingerprint density at radius 2 is 2.11 bits per heavy atom. The summed E-state index contributed by atoms with van der Waals surface area (Å²) in [5, 5.41) is 12.5. The summed E-state index contributed by atoms with van der Waals surface area (Å²) in [7, 11) is 0. The van der Waals surface area contributed by atoms with E-state index >= 15 is 0 Å². The van der Waals surface area contributed by atoms with Gasteiger partial charge in [-0.15, -0.1) is 0 Å². The van der Waals surface area contributed by atoms with Gasteiger partial charge in [0.2, 0.25) is 0 Å². The van der Waals surface area contributed by atoms with Gasteiger partial charge in [0.05, 0.1) is 17.7 Å². The highest BCUT2D eigenvalue weighted by Gasteiger charge is 2.60. The van der Waals surface area contributed by atoms with Crippen molar-refractivity contribution in [3.05, 3.63) is 33.2 Å². The van der Waals surface area contributed by atoms with Crippen LogP contribution in [0.4, 0.5) is 13.2 Å². The molecule has 2 rings (SSSR count). The standard InChI is InChI=1S/C11H11F3N2O3/c1-5-3-6(2)15-9(17)8(5)7-4-10(18,19-16-7)11(12,13)14/h3,18H,4H2,1-2H3,(H,15,17)/t10-/m0/s1. The minimum atomic E-state index is -4.98. The van der Waals surface area contributed by atoms with Gasteiger partial charge in [-0.05, 0) is 25.5 Å². The lowest BCUT2D eigenvalue weighted by Crippen LogP contribution is -2.45. The zero-order chi connectivity index (χ0) is 14.4. The van der Waals surface area contributed by atoms with Crippen LogP contribution in [0.2, 0.25) is 0 Å². The van der Waals surface area contributed by atoms with Gasteiger partial charge in [0, 0.05) is 5.69 Å². The summed E-state index contributed by atoms with van der Waals surface area (Å²) < 4.78 is 37.7.